The number of aromatic hydroxyl groups is 1. The van der Waals surface area contributed by atoms with Crippen LogP contribution in [0.3, 0.4) is 0 Å². The first-order valence-corrected chi connectivity index (χ1v) is 6.90. The predicted molar refractivity (Wildman–Crippen MR) is 87.6 cm³/mol. The van der Waals surface area contributed by atoms with Gasteiger partial charge < -0.3 is 19.3 Å². The van der Waals surface area contributed by atoms with E-state index in [2.05, 4.69) is 0 Å². The SMILES string of the molecule is COc1ccc(C(=O)/C=C\c2ccc(OC)c(OC)c2)c(O)c1. The van der Waals surface area contributed by atoms with Crippen LogP contribution in [0, 0.1) is 0 Å². The highest BCUT2D eigenvalue weighted by atomic mass is 16.5. The van der Waals surface area contributed by atoms with Crippen molar-refractivity contribution in [1.82, 2.24) is 0 Å². The van der Waals surface area contributed by atoms with Gasteiger partial charge >= 0.3 is 0 Å². The molecule has 0 heterocycles. The van der Waals surface area contributed by atoms with E-state index in [4.69, 9.17) is 14.2 Å². The van der Waals surface area contributed by atoms with Crippen LogP contribution in [0.5, 0.6) is 23.0 Å². The Morgan fingerprint density at radius 3 is 2.30 bits per heavy atom. The Bertz CT molecular complexity index is 734. The maximum atomic E-state index is 12.2. The van der Waals surface area contributed by atoms with E-state index in [0.717, 1.165) is 5.56 Å². The third-order valence-corrected chi connectivity index (χ3v) is 3.31. The molecule has 0 radical (unpaired) electrons. The first-order chi connectivity index (χ1) is 11.1. The number of phenolic OH excluding ortho intramolecular Hbond substituents is 1. The van der Waals surface area contributed by atoms with E-state index in [1.54, 1.807) is 44.6 Å². The van der Waals surface area contributed by atoms with Gasteiger partial charge in [0.2, 0.25) is 0 Å². The molecule has 0 unspecified atom stereocenters. The van der Waals surface area contributed by atoms with Crippen molar-refractivity contribution in [2.75, 3.05) is 21.3 Å². The molecule has 23 heavy (non-hydrogen) atoms. The van der Waals surface area contributed by atoms with E-state index in [0.29, 0.717) is 17.2 Å². The van der Waals surface area contributed by atoms with Crippen molar-refractivity contribution >= 4 is 11.9 Å². The molecule has 0 aliphatic carbocycles. The number of rotatable bonds is 6. The van der Waals surface area contributed by atoms with Gasteiger partial charge in [-0.1, -0.05) is 12.1 Å². The summed E-state index contributed by atoms with van der Waals surface area (Å²) in [6.07, 6.45) is 3.04. The average Bonchev–Trinajstić information content (AvgIpc) is 2.59. The van der Waals surface area contributed by atoms with Gasteiger partial charge in [0.05, 0.1) is 26.9 Å². The third kappa shape index (κ3) is 3.83. The van der Waals surface area contributed by atoms with Crippen LogP contribution in [-0.4, -0.2) is 32.2 Å². The number of hydrogen-bond donors (Lipinski definition) is 1. The van der Waals surface area contributed by atoms with Crippen molar-refractivity contribution < 1.29 is 24.1 Å². The Morgan fingerprint density at radius 2 is 1.70 bits per heavy atom. The van der Waals surface area contributed by atoms with Gasteiger partial charge in [-0.15, -0.1) is 0 Å². The lowest BCUT2D eigenvalue weighted by Gasteiger charge is -2.07. The highest BCUT2D eigenvalue weighted by Gasteiger charge is 2.09. The van der Waals surface area contributed by atoms with Crippen molar-refractivity contribution in [3.63, 3.8) is 0 Å². The number of hydrogen-bond acceptors (Lipinski definition) is 5. The Balaban J connectivity index is 2.21. The minimum absolute atomic E-state index is 0.119. The molecule has 0 saturated heterocycles. The predicted octanol–water partition coefficient (Wildman–Crippen LogP) is 3.31. The number of allylic oxidation sites excluding steroid dienone is 1. The number of carbonyl (C=O) groups excluding carboxylic acids is 1. The average molecular weight is 314 g/mol. The number of ether oxygens (including phenoxy) is 3. The zero-order valence-corrected chi connectivity index (χ0v) is 13.2. The summed E-state index contributed by atoms with van der Waals surface area (Å²) in [4.78, 5) is 12.2. The molecule has 2 aromatic carbocycles. The molecule has 0 saturated carbocycles. The van der Waals surface area contributed by atoms with Gasteiger partial charge in [-0.3, -0.25) is 4.79 Å². The second kappa shape index (κ2) is 7.35. The zero-order chi connectivity index (χ0) is 16.8. The molecule has 120 valence electrons. The minimum atomic E-state index is -0.306. The second-order valence-electron chi connectivity index (χ2n) is 4.70. The van der Waals surface area contributed by atoms with Crippen LogP contribution in [-0.2, 0) is 0 Å². The largest absolute Gasteiger partial charge is 0.507 e. The Kier molecular flexibility index (Phi) is 5.25. The summed E-state index contributed by atoms with van der Waals surface area (Å²) < 4.78 is 15.4. The summed E-state index contributed by atoms with van der Waals surface area (Å²) in [5.41, 5.74) is 0.992. The van der Waals surface area contributed by atoms with Gasteiger partial charge in [0, 0.05) is 6.07 Å². The summed E-state index contributed by atoms with van der Waals surface area (Å²) in [5, 5.41) is 9.87. The van der Waals surface area contributed by atoms with E-state index < -0.39 is 0 Å². The van der Waals surface area contributed by atoms with Gasteiger partial charge in [0.25, 0.3) is 0 Å². The number of carbonyl (C=O) groups is 1. The highest BCUT2D eigenvalue weighted by Crippen LogP contribution is 2.28. The first kappa shape index (κ1) is 16.4. The molecule has 0 aliphatic heterocycles. The van der Waals surface area contributed by atoms with Crippen molar-refractivity contribution in [1.29, 1.82) is 0 Å². The molecule has 0 amide bonds. The van der Waals surface area contributed by atoms with E-state index in [-0.39, 0.29) is 17.1 Å². The maximum absolute atomic E-state index is 12.2. The Morgan fingerprint density at radius 1 is 0.957 bits per heavy atom. The zero-order valence-electron chi connectivity index (χ0n) is 13.2. The lowest BCUT2D eigenvalue weighted by atomic mass is 10.1. The van der Waals surface area contributed by atoms with E-state index in [1.807, 2.05) is 0 Å². The van der Waals surface area contributed by atoms with Gasteiger partial charge in [-0.2, -0.15) is 0 Å². The molecule has 0 atom stereocenters. The molecule has 5 heteroatoms. The van der Waals surface area contributed by atoms with Crippen LogP contribution < -0.4 is 14.2 Å². The molecule has 1 N–H and O–H groups in total. The molecule has 0 aromatic heterocycles. The van der Waals surface area contributed by atoms with Crippen molar-refractivity contribution in [3.05, 3.63) is 53.6 Å². The fraction of sp³-hybridized carbons (Fsp3) is 0.167. The molecule has 2 rings (SSSR count). The monoisotopic (exact) mass is 314 g/mol. The quantitative estimate of drug-likeness (QED) is 0.654. The molecule has 5 nitrogen and oxygen atoms in total. The smallest absolute Gasteiger partial charge is 0.189 e. The summed E-state index contributed by atoms with van der Waals surface area (Å²) in [6, 6.07) is 9.87. The van der Waals surface area contributed by atoms with Crippen molar-refractivity contribution in [2.24, 2.45) is 0 Å². The second-order valence-corrected chi connectivity index (χ2v) is 4.70. The lowest BCUT2D eigenvalue weighted by molar-refractivity contribution is 0.104. The number of phenols is 1. The van der Waals surface area contributed by atoms with Crippen LogP contribution in [0.4, 0.5) is 0 Å². The van der Waals surface area contributed by atoms with Crippen LogP contribution in [0.2, 0.25) is 0 Å². The molecule has 0 fully saturated rings. The van der Waals surface area contributed by atoms with Crippen molar-refractivity contribution in [2.45, 2.75) is 0 Å². The third-order valence-electron chi connectivity index (χ3n) is 3.31. The summed E-state index contributed by atoms with van der Waals surface area (Å²) in [5.74, 6) is 1.26. The fourth-order valence-corrected chi connectivity index (χ4v) is 2.06. The molecule has 0 spiro atoms. The van der Waals surface area contributed by atoms with E-state index in [1.165, 1.54) is 25.3 Å². The van der Waals surface area contributed by atoms with E-state index >= 15 is 0 Å². The van der Waals surface area contributed by atoms with Gasteiger partial charge in [-0.25, -0.2) is 0 Å². The van der Waals surface area contributed by atoms with Gasteiger partial charge in [0.15, 0.2) is 17.3 Å². The topological polar surface area (TPSA) is 65.0 Å². The first-order valence-electron chi connectivity index (χ1n) is 6.90. The molecule has 0 bridgehead atoms. The van der Waals surface area contributed by atoms with Gasteiger partial charge in [0.1, 0.15) is 11.5 Å². The minimum Gasteiger partial charge on any atom is -0.507 e. The summed E-state index contributed by atoms with van der Waals surface area (Å²) in [7, 11) is 4.60. The summed E-state index contributed by atoms with van der Waals surface area (Å²) in [6.45, 7) is 0. The highest BCUT2D eigenvalue weighted by molar-refractivity contribution is 6.08. The normalized spacial score (nSPS) is 10.6. The fourth-order valence-electron chi connectivity index (χ4n) is 2.06. The van der Waals surface area contributed by atoms with Gasteiger partial charge in [-0.05, 0) is 35.9 Å². The van der Waals surface area contributed by atoms with Crippen LogP contribution in [0.1, 0.15) is 15.9 Å². The Labute approximate surface area is 134 Å². The van der Waals surface area contributed by atoms with E-state index in [9.17, 15) is 9.90 Å². The molecular formula is C18H18O5. The van der Waals surface area contributed by atoms with Crippen LogP contribution in [0.25, 0.3) is 6.08 Å². The summed E-state index contributed by atoms with van der Waals surface area (Å²) >= 11 is 0. The maximum Gasteiger partial charge on any atom is 0.189 e. The number of methoxy groups -OCH3 is 3. The Hall–Kier alpha value is -2.95. The molecular weight excluding hydrogens is 296 g/mol. The molecule has 0 aliphatic rings. The number of ketones is 1. The van der Waals surface area contributed by atoms with Crippen LogP contribution in [0.15, 0.2) is 42.5 Å². The standard InChI is InChI=1S/C18H18O5/c1-21-13-6-7-14(16(20)11-13)15(19)8-4-12-5-9-17(22-2)18(10-12)23-3/h4-11,20H,1-3H3/b8-4-. The lowest BCUT2D eigenvalue weighted by Crippen LogP contribution is -1.95. The molecule has 2 aromatic rings. The van der Waals surface area contributed by atoms with Crippen molar-refractivity contribution in [3.8, 4) is 23.0 Å². The van der Waals surface area contributed by atoms with Crippen LogP contribution >= 0.6 is 0 Å². The number of benzene rings is 2.